The highest BCUT2D eigenvalue weighted by Crippen LogP contribution is 2.28. The molecule has 1 unspecified atom stereocenters. The van der Waals surface area contributed by atoms with Crippen molar-refractivity contribution in [3.05, 3.63) is 24.2 Å². The lowest BCUT2D eigenvalue weighted by Crippen LogP contribution is -2.40. The minimum absolute atomic E-state index is 0.0129. The highest BCUT2D eigenvalue weighted by molar-refractivity contribution is 6.06. The molecule has 2 heterocycles. The van der Waals surface area contributed by atoms with E-state index in [0.717, 1.165) is 4.90 Å². The molecule has 0 saturated carbocycles. The molecule has 1 fully saturated rings. The number of urea groups is 1. The number of hydrogen-bond acceptors (Lipinski definition) is 4. The van der Waals surface area contributed by atoms with Gasteiger partial charge in [0.1, 0.15) is 5.76 Å². The van der Waals surface area contributed by atoms with E-state index in [0.29, 0.717) is 5.76 Å². The molecule has 16 heavy (non-hydrogen) atoms. The summed E-state index contributed by atoms with van der Waals surface area (Å²) in [6.07, 6.45) is 1.44. The lowest BCUT2D eigenvalue weighted by Gasteiger charge is -2.18. The second kappa shape index (κ2) is 3.64. The van der Waals surface area contributed by atoms with Gasteiger partial charge in [0.05, 0.1) is 19.4 Å². The van der Waals surface area contributed by atoms with E-state index >= 15 is 0 Å². The van der Waals surface area contributed by atoms with E-state index in [9.17, 15) is 9.59 Å². The maximum atomic E-state index is 12.0. The summed E-state index contributed by atoms with van der Waals surface area (Å²) >= 11 is 0. The summed E-state index contributed by atoms with van der Waals surface area (Å²) in [6, 6.07) is 2.76. The number of rotatable bonds is 3. The average molecular weight is 224 g/mol. The first-order valence-electron chi connectivity index (χ1n) is 4.88. The van der Waals surface area contributed by atoms with Crippen LogP contribution in [0.3, 0.4) is 0 Å². The number of nitrogens with one attached hydrogen (secondary N) is 1. The molecule has 3 amide bonds. The molecule has 0 aliphatic carbocycles. The zero-order chi connectivity index (χ0) is 11.8. The number of aliphatic hydroxyl groups is 1. The van der Waals surface area contributed by atoms with Crippen molar-refractivity contribution in [1.82, 2.24) is 10.2 Å². The molecule has 6 heteroatoms. The number of nitrogens with zero attached hydrogens (tertiary/aromatic N) is 1. The van der Waals surface area contributed by atoms with Crippen LogP contribution in [0.15, 0.2) is 22.8 Å². The molecule has 1 aromatic rings. The van der Waals surface area contributed by atoms with Crippen LogP contribution in [-0.2, 0) is 10.3 Å². The minimum atomic E-state index is -1.17. The highest BCUT2D eigenvalue weighted by Gasteiger charge is 2.50. The second-order valence-corrected chi connectivity index (χ2v) is 3.71. The van der Waals surface area contributed by atoms with Crippen molar-refractivity contribution < 1.29 is 19.1 Å². The summed E-state index contributed by atoms with van der Waals surface area (Å²) in [5.41, 5.74) is -1.17. The number of carbonyl (C=O) groups is 2. The molecule has 2 N–H and O–H groups in total. The van der Waals surface area contributed by atoms with E-state index in [4.69, 9.17) is 9.52 Å². The van der Waals surface area contributed by atoms with Crippen molar-refractivity contribution in [2.24, 2.45) is 0 Å². The molecule has 1 aromatic heterocycles. The van der Waals surface area contributed by atoms with Crippen LogP contribution in [0.4, 0.5) is 4.79 Å². The molecule has 0 radical (unpaired) electrons. The third kappa shape index (κ3) is 1.38. The summed E-state index contributed by atoms with van der Waals surface area (Å²) < 4.78 is 5.14. The van der Waals surface area contributed by atoms with Crippen molar-refractivity contribution in [2.75, 3.05) is 13.2 Å². The predicted octanol–water partition coefficient (Wildman–Crippen LogP) is 0.0389. The smallest absolute Gasteiger partial charge is 0.325 e. The van der Waals surface area contributed by atoms with E-state index < -0.39 is 17.5 Å². The molecule has 1 atom stereocenters. The molecule has 86 valence electrons. The minimum Gasteiger partial charge on any atom is -0.466 e. The lowest BCUT2D eigenvalue weighted by molar-refractivity contribution is -0.131. The van der Waals surface area contributed by atoms with Gasteiger partial charge in [0.25, 0.3) is 5.91 Å². The maximum Gasteiger partial charge on any atom is 0.325 e. The van der Waals surface area contributed by atoms with Crippen LogP contribution < -0.4 is 5.32 Å². The van der Waals surface area contributed by atoms with Gasteiger partial charge in [-0.2, -0.15) is 0 Å². The fourth-order valence-electron chi connectivity index (χ4n) is 1.73. The van der Waals surface area contributed by atoms with Crippen LogP contribution in [0.1, 0.15) is 12.7 Å². The molecule has 0 aromatic carbocycles. The average Bonchev–Trinajstić information content (AvgIpc) is 2.83. The number of β-amino-alcohol motifs (C(OH)–C–C–N with tert-alkyl or cyclic N) is 1. The highest BCUT2D eigenvalue weighted by atomic mass is 16.3. The van der Waals surface area contributed by atoms with Gasteiger partial charge in [-0.1, -0.05) is 0 Å². The maximum absolute atomic E-state index is 12.0. The van der Waals surface area contributed by atoms with Gasteiger partial charge in [-0.3, -0.25) is 9.69 Å². The Hall–Kier alpha value is -1.82. The zero-order valence-electron chi connectivity index (χ0n) is 8.77. The number of furan rings is 1. The summed E-state index contributed by atoms with van der Waals surface area (Å²) in [7, 11) is 0. The van der Waals surface area contributed by atoms with Crippen LogP contribution in [0.2, 0.25) is 0 Å². The summed E-state index contributed by atoms with van der Waals surface area (Å²) in [6.45, 7) is 1.30. The molecule has 1 aliphatic rings. The Kier molecular flexibility index (Phi) is 2.43. The SMILES string of the molecule is CC1(c2ccco2)NC(=O)N(CCO)C1=O. The normalized spacial score (nSPS) is 25.0. The fraction of sp³-hybridized carbons (Fsp3) is 0.400. The van der Waals surface area contributed by atoms with E-state index in [1.807, 2.05) is 0 Å². The number of imide groups is 1. The Morgan fingerprint density at radius 1 is 1.56 bits per heavy atom. The van der Waals surface area contributed by atoms with Crippen LogP contribution in [0, 0.1) is 0 Å². The van der Waals surface area contributed by atoms with Crippen LogP contribution in [-0.4, -0.2) is 35.1 Å². The summed E-state index contributed by atoms with van der Waals surface area (Å²) in [5, 5.41) is 11.3. The van der Waals surface area contributed by atoms with E-state index in [-0.39, 0.29) is 13.2 Å². The quantitative estimate of drug-likeness (QED) is 0.710. The molecule has 2 rings (SSSR count). The zero-order valence-corrected chi connectivity index (χ0v) is 8.77. The molecule has 0 bridgehead atoms. The first-order valence-corrected chi connectivity index (χ1v) is 4.88. The van der Waals surface area contributed by atoms with Crippen LogP contribution in [0.25, 0.3) is 0 Å². The number of carbonyl (C=O) groups excluding carboxylic acids is 2. The molecular weight excluding hydrogens is 212 g/mol. The van der Waals surface area contributed by atoms with E-state index in [2.05, 4.69) is 5.32 Å². The topological polar surface area (TPSA) is 82.8 Å². The van der Waals surface area contributed by atoms with Gasteiger partial charge in [-0.05, 0) is 19.1 Å². The van der Waals surface area contributed by atoms with Gasteiger partial charge in [-0.25, -0.2) is 4.79 Å². The van der Waals surface area contributed by atoms with Crippen LogP contribution in [0.5, 0.6) is 0 Å². The Morgan fingerprint density at radius 2 is 2.31 bits per heavy atom. The Morgan fingerprint density at radius 3 is 2.88 bits per heavy atom. The van der Waals surface area contributed by atoms with E-state index in [1.54, 1.807) is 19.1 Å². The largest absolute Gasteiger partial charge is 0.466 e. The predicted molar refractivity (Wildman–Crippen MR) is 53.4 cm³/mol. The number of aliphatic hydroxyl groups excluding tert-OH is 1. The number of amides is 3. The first kappa shape index (κ1) is 10.7. The van der Waals surface area contributed by atoms with Crippen molar-refractivity contribution in [3.63, 3.8) is 0 Å². The van der Waals surface area contributed by atoms with Crippen molar-refractivity contribution in [3.8, 4) is 0 Å². The summed E-state index contributed by atoms with van der Waals surface area (Å²) in [4.78, 5) is 24.5. The van der Waals surface area contributed by atoms with Gasteiger partial charge >= 0.3 is 6.03 Å². The molecule has 1 aliphatic heterocycles. The Labute approximate surface area is 91.8 Å². The van der Waals surface area contributed by atoms with Crippen molar-refractivity contribution >= 4 is 11.9 Å². The number of hydrogen-bond donors (Lipinski definition) is 2. The van der Waals surface area contributed by atoms with Gasteiger partial charge < -0.3 is 14.8 Å². The Bertz CT molecular complexity index is 414. The molecule has 6 nitrogen and oxygen atoms in total. The lowest BCUT2D eigenvalue weighted by atomic mass is 9.99. The van der Waals surface area contributed by atoms with Gasteiger partial charge in [0.2, 0.25) is 0 Å². The van der Waals surface area contributed by atoms with Crippen LogP contribution >= 0.6 is 0 Å². The first-order chi connectivity index (χ1) is 7.59. The van der Waals surface area contributed by atoms with E-state index in [1.165, 1.54) is 6.26 Å². The van der Waals surface area contributed by atoms with Crippen molar-refractivity contribution in [1.29, 1.82) is 0 Å². The third-order valence-corrected chi connectivity index (χ3v) is 2.61. The third-order valence-electron chi connectivity index (χ3n) is 2.61. The second-order valence-electron chi connectivity index (χ2n) is 3.71. The molecular formula is C10H12N2O4. The van der Waals surface area contributed by atoms with Gasteiger partial charge in [0, 0.05) is 0 Å². The monoisotopic (exact) mass is 224 g/mol. The fourth-order valence-corrected chi connectivity index (χ4v) is 1.73. The molecule has 1 saturated heterocycles. The summed E-state index contributed by atoms with van der Waals surface area (Å²) in [5.74, 6) is -0.0345. The van der Waals surface area contributed by atoms with Gasteiger partial charge in [-0.15, -0.1) is 0 Å². The molecule has 0 spiro atoms. The standard InChI is InChI=1S/C10H12N2O4/c1-10(7-3-2-6-16-7)8(14)12(4-5-13)9(15)11-10/h2-3,6,13H,4-5H2,1H3,(H,11,15). The van der Waals surface area contributed by atoms with Crippen molar-refractivity contribution in [2.45, 2.75) is 12.5 Å². The Balaban J connectivity index is 2.32. The van der Waals surface area contributed by atoms with Gasteiger partial charge in [0.15, 0.2) is 5.54 Å².